The van der Waals surface area contributed by atoms with Gasteiger partial charge in [-0.25, -0.2) is 0 Å². The van der Waals surface area contributed by atoms with Crippen molar-refractivity contribution in [2.45, 2.75) is 114 Å². The van der Waals surface area contributed by atoms with Crippen molar-refractivity contribution in [3.05, 3.63) is 129 Å². The van der Waals surface area contributed by atoms with Crippen LogP contribution in [0.15, 0.2) is 108 Å². The van der Waals surface area contributed by atoms with E-state index in [9.17, 15) is 28.8 Å². The largest absolute Gasteiger partial charge is 0.354 e. The zero-order chi connectivity index (χ0) is 55.5. The van der Waals surface area contributed by atoms with E-state index in [0.717, 1.165) is 49.7 Å². The maximum atomic E-state index is 13.2. The Morgan fingerprint density at radius 2 is 0.846 bits per heavy atom. The molecule has 4 aromatic heterocycles. The van der Waals surface area contributed by atoms with Gasteiger partial charge in [0.25, 0.3) is 0 Å². The minimum atomic E-state index is -0.806. The number of carbonyl (C=O) groups is 6. The molecule has 16 nitrogen and oxygen atoms in total. The van der Waals surface area contributed by atoms with Gasteiger partial charge in [0.2, 0.25) is 35.4 Å². The van der Waals surface area contributed by atoms with Gasteiger partial charge < -0.3 is 54.8 Å². The first kappa shape index (κ1) is 61.1. The molecule has 6 amide bonds. The molecule has 78 heavy (non-hydrogen) atoms. The third kappa shape index (κ3) is 20.9. The van der Waals surface area contributed by atoms with Crippen LogP contribution in [0.25, 0.3) is 30.6 Å². The molecule has 14 N–H and O–H groups in total. The van der Waals surface area contributed by atoms with Gasteiger partial charge in [0.05, 0.1) is 12.1 Å². The minimum Gasteiger partial charge on any atom is -0.354 e. The minimum absolute atomic E-state index is 0.0839. The Kier molecular flexibility index (Phi) is 26.1. The van der Waals surface area contributed by atoms with Gasteiger partial charge >= 0.3 is 0 Å². The fourth-order valence-corrected chi connectivity index (χ4v) is 12.7. The van der Waals surface area contributed by atoms with Crippen molar-refractivity contribution in [2.24, 2.45) is 22.9 Å². The van der Waals surface area contributed by atoms with Crippen LogP contribution in [0, 0.1) is 0 Å². The molecule has 2 aromatic carbocycles. The Morgan fingerprint density at radius 1 is 0.449 bits per heavy atom. The Morgan fingerprint density at radius 3 is 1.24 bits per heavy atom. The van der Waals surface area contributed by atoms with E-state index in [1.807, 2.05) is 60.7 Å². The number of amides is 6. The summed E-state index contributed by atoms with van der Waals surface area (Å²) in [7, 11) is 0. The molecule has 0 saturated heterocycles. The summed E-state index contributed by atoms with van der Waals surface area (Å²) in [5.41, 5.74) is 27.5. The lowest BCUT2D eigenvalue weighted by Crippen LogP contribution is -2.53. The number of nitrogens with one attached hydrogen (secondary N) is 6. The number of rotatable bonds is 35. The molecule has 0 radical (unpaired) electrons. The summed E-state index contributed by atoms with van der Waals surface area (Å²) >= 11 is 6.93. The number of benzene rings is 2. The fourth-order valence-electron chi connectivity index (χ4n) is 8.52. The van der Waals surface area contributed by atoms with Gasteiger partial charge in [-0.15, -0.1) is 45.3 Å². The molecule has 0 aliphatic rings. The van der Waals surface area contributed by atoms with Crippen LogP contribution >= 0.6 is 45.3 Å². The summed E-state index contributed by atoms with van der Waals surface area (Å²) in [5, 5.41) is 21.5. The Labute approximate surface area is 474 Å². The Bertz CT molecular complexity index is 2610. The second-order valence-corrected chi connectivity index (χ2v) is 23.4. The third-order valence-electron chi connectivity index (χ3n) is 12.9. The van der Waals surface area contributed by atoms with Crippen LogP contribution in [0.1, 0.15) is 85.1 Å². The van der Waals surface area contributed by atoms with Crippen molar-refractivity contribution in [2.75, 3.05) is 39.3 Å². The zero-order valence-corrected chi connectivity index (χ0v) is 47.5. The fraction of sp³-hybridized carbons (Fsp3) is 0.414. The molecule has 6 aromatic rings. The van der Waals surface area contributed by atoms with E-state index in [0.29, 0.717) is 64.5 Å². The molecule has 0 fully saturated rings. The second-order valence-electron chi connectivity index (χ2n) is 19.2. The molecule has 6 rings (SSSR count). The van der Waals surface area contributed by atoms with Crippen LogP contribution in [-0.2, 0) is 54.5 Å². The van der Waals surface area contributed by atoms with E-state index < -0.39 is 24.2 Å². The van der Waals surface area contributed by atoms with Crippen molar-refractivity contribution in [1.82, 2.24) is 31.9 Å². The van der Waals surface area contributed by atoms with Crippen molar-refractivity contribution >= 4 is 80.8 Å². The lowest BCUT2D eigenvalue weighted by molar-refractivity contribution is -0.129. The summed E-state index contributed by atoms with van der Waals surface area (Å²) in [6.45, 7) is 2.05. The van der Waals surface area contributed by atoms with E-state index in [1.165, 1.54) is 40.4 Å². The number of carbonyl (C=O) groups excluding carboxylic acids is 6. The first-order valence-corrected chi connectivity index (χ1v) is 30.3. The van der Waals surface area contributed by atoms with Crippen LogP contribution in [0.4, 0.5) is 0 Å². The molecule has 0 aliphatic carbocycles. The highest BCUT2D eigenvalue weighted by molar-refractivity contribution is 7.21. The lowest BCUT2D eigenvalue weighted by atomic mass is 10.0. The van der Waals surface area contributed by atoms with Crippen molar-refractivity contribution in [3.63, 3.8) is 0 Å². The highest BCUT2D eigenvalue weighted by Gasteiger charge is 2.26. The molecule has 418 valence electrons. The van der Waals surface area contributed by atoms with Gasteiger partial charge in [0.15, 0.2) is 0 Å². The molecule has 0 unspecified atom stereocenters. The van der Waals surface area contributed by atoms with Crippen LogP contribution in [0.5, 0.6) is 0 Å². The molecular formula is C58H76N10O6S4. The van der Waals surface area contributed by atoms with Crippen LogP contribution in [0.3, 0.4) is 0 Å². The van der Waals surface area contributed by atoms with Crippen LogP contribution in [-0.4, -0.2) is 98.9 Å². The van der Waals surface area contributed by atoms with Gasteiger partial charge in [-0.1, -0.05) is 73.5 Å². The highest BCUT2D eigenvalue weighted by atomic mass is 32.1. The molecule has 4 heterocycles. The summed E-state index contributed by atoms with van der Waals surface area (Å²) in [4.78, 5) is 84.7. The van der Waals surface area contributed by atoms with E-state index in [2.05, 4.69) is 79.1 Å². The summed E-state index contributed by atoms with van der Waals surface area (Å²) in [5.74, 6) is -1.60. The number of hydrogen-bond donors (Lipinski definition) is 10. The molecule has 4 atom stereocenters. The number of thiophene rings is 4. The van der Waals surface area contributed by atoms with E-state index in [1.54, 1.807) is 45.3 Å². The monoisotopic (exact) mass is 1140 g/mol. The first-order chi connectivity index (χ1) is 37.9. The second kappa shape index (κ2) is 33.4. The number of unbranched alkanes of at least 4 members (excludes halogenated alkanes) is 2. The van der Waals surface area contributed by atoms with Crippen molar-refractivity contribution in [1.29, 1.82) is 0 Å². The predicted molar refractivity (Wildman–Crippen MR) is 318 cm³/mol. The first-order valence-electron chi connectivity index (χ1n) is 26.9. The van der Waals surface area contributed by atoms with Crippen LogP contribution < -0.4 is 54.8 Å². The van der Waals surface area contributed by atoms with Gasteiger partial charge in [0.1, 0.15) is 12.1 Å². The van der Waals surface area contributed by atoms with Gasteiger partial charge in [-0.2, -0.15) is 0 Å². The summed E-state index contributed by atoms with van der Waals surface area (Å²) in [6, 6.07) is 28.9. The number of hydrogen-bond acceptors (Lipinski definition) is 14. The Hall–Kier alpha value is -6.10. The normalized spacial score (nSPS) is 12.7. The topological polar surface area (TPSA) is 279 Å². The van der Waals surface area contributed by atoms with E-state index in [-0.39, 0.29) is 61.6 Å². The van der Waals surface area contributed by atoms with Crippen molar-refractivity contribution < 1.29 is 28.8 Å². The van der Waals surface area contributed by atoms with Gasteiger partial charge in [-0.3, -0.25) is 28.8 Å². The van der Waals surface area contributed by atoms with E-state index in [4.69, 9.17) is 22.9 Å². The standard InChI is InChI=1S/C58H76N10O6S4/c59-27-9-7-19-45(61)55(71)67-47(33-39-13-3-1-4-14-39)57(73)65-31-29-63-53(69)21-11-17-43-23-25-49(77-43)41-35-51(75-37-41)52-36-42(38-76-52)50-26-24-44(78-50)18-12-22-54(70)64-30-32-66-58(74)48(34-40-15-5-2-6-16-40)68-56(72)46(62)20-8-10-28-60/h1-6,13-16,23-26,35-38,45-48H,7-12,17-22,27-34,59-62H2,(H,63,69)(H,64,70)(H,65,73)(H,66,74)(H,67,71)(H,68,72)/t45-,46-,47-,48-/m0/s1. The molecule has 0 saturated carbocycles. The molecular weight excluding hydrogens is 1060 g/mol. The Balaban J connectivity index is 0.864. The average Bonchev–Trinajstić information content (AvgIpc) is 4.32. The van der Waals surface area contributed by atoms with Crippen LogP contribution in [0.2, 0.25) is 0 Å². The maximum absolute atomic E-state index is 13.2. The summed E-state index contributed by atoms with van der Waals surface area (Å²) < 4.78 is 0. The maximum Gasteiger partial charge on any atom is 0.242 e. The number of nitrogens with two attached hydrogens (primary N) is 4. The number of aryl methyl sites for hydroxylation is 2. The lowest BCUT2D eigenvalue weighted by Gasteiger charge is -2.21. The molecule has 20 heteroatoms. The molecule has 0 bridgehead atoms. The summed E-state index contributed by atoms with van der Waals surface area (Å²) in [6.07, 6.45) is 8.27. The van der Waals surface area contributed by atoms with Crippen molar-refractivity contribution in [3.8, 4) is 30.6 Å². The SMILES string of the molecule is NCCCC[C@H](N)C(=O)N[C@@H](Cc1ccccc1)C(=O)NCCNC(=O)CCCc1ccc(-c2csc(-c3cc(-c4ccc(CCCC(=O)NCCNC(=O)[C@H](Cc5ccccc5)NC(=O)[C@@H](N)CCCCN)s4)cs3)c2)s1. The average molecular weight is 1140 g/mol. The van der Waals surface area contributed by atoms with Gasteiger partial charge in [0, 0.05) is 103 Å². The molecule has 0 spiro atoms. The quantitative estimate of drug-likeness (QED) is 0.0195. The molecule has 0 aliphatic heterocycles. The highest BCUT2D eigenvalue weighted by Crippen LogP contribution is 2.41. The van der Waals surface area contributed by atoms with E-state index >= 15 is 0 Å². The van der Waals surface area contributed by atoms with Gasteiger partial charge in [-0.05, 0) is 112 Å². The zero-order valence-electron chi connectivity index (χ0n) is 44.2. The smallest absolute Gasteiger partial charge is 0.242 e. The third-order valence-corrected chi connectivity index (χ3v) is 17.4. The predicted octanol–water partition coefficient (Wildman–Crippen LogP) is 6.41.